The van der Waals surface area contributed by atoms with Crippen molar-refractivity contribution in [1.29, 1.82) is 0 Å². The molecule has 2 rings (SSSR count). The van der Waals surface area contributed by atoms with Gasteiger partial charge >= 0.3 is 0 Å². The minimum atomic E-state index is -3.57. The molecule has 1 heterocycles. The molecular weight excluding hydrogens is 356 g/mol. The van der Waals surface area contributed by atoms with E-state index in [9.17, 15) is 13.2 Å². The summed E-state index contributed by atoms with van der Waals surface area (Å²) in [5, 5.41) is 5.45. The van der Waals surface area contributed by atoms with Crippen LogP contribution in [-0.2, 0) is 14.8 Å². The first-order valence-corrected chi connectivity index (χ1v) is 8.41. The quantitative estimate of drug-likeness (QED) is 0.883. The number of rotatable bonds is 3. The van der Waals surface area contributed by atoms with E-state index >= 15 is 0 Å². The number of hydrogen-bond donors (Lipinski definition) is 1. The molecule has 5 nitrogen and oxygen atoms in total. The summed E-state index contributed by atoms with van der Waals surface area (Å²) >= 11 is 9.38. The Labute approximate surface area is 124 Å². The monoisotopic (exact) mass is 366 g/mol. The van der Waals surface area contributed by atoms with Gasteiger partial charge < -0.3 is 4.90 Å². The molecule has 0 saturated carbocycles. The molecule has 0 spiro atoms. The number of nitrogens with zero attached hydrogens (tertiary/aromatic N) is 1. The molecule has 1 aromatic carbocycles. The van der Waals surface area contributed by atoms with Crippen molar-refractivity contribution in [1.82, 2.24) is 0 Å². The van der Waals surface area contributed by atoms with Crippen LogP contribution >= 0.6 is 27.5 Å². The average Bonchev–Trinajstić information content (AvgIpc) is 2.56. The molecule has 0 radical (unpaired) electrons. The van der Waals surface area contributed by atoms with Gasteiger partial charge in [0.25, 0.3) is 0 Å². The lowest BCUT2D eigenvalue weighted by Crippen LogP contribution is -2.27. The summed E-state index contributed by atoms with van der Waals surface area (Å²) in [7, 11) is -3.57. The number of anilines is 1. The molecule has 1 aliphatic heterocycles. The molecule has 1 aliphatic rings. The molecule has 1 atom stereocenters. The van der Waals surface area contributed by atoms with Crippen LogP contribution in [0.1, 0.15) is 6.42 Å². The number of amides is 1. The largest absolute Gasteiger partial charge is 0.311 e. The van der Waals surface area contributed by atoms with Gasteiger partial charge in [-0.1, -0.05) is 27.5 Å². The summed E-state index contributed by atoms with van der Waals surface area (Å²) in [5.74, 6) is -0.622. The van der Waals surface area contributed by atoms with Crippen molar-refractivity contribution < 1.29 is 13.2 Å². The maximum atomic E-state index is 11.9. The van der Waals surface area contributed by atoms with Crippen LogP contribution in [0.4, 0.5) is 5.69 Å². The summed E-state index contributed by atoms with van der Waals surface area (Å²) in [5.41, 5.74) is 0.590. The van der Waals surface area contributed by atoms with Crippen LogP contribution in [0.2, 0.25) is 5.02 Å². The fourth-order valence-electron chi connectivity index (χ4n) is 2.15. The molecule has 1 aromatic rings. The Bertz CT molecular complexity index is 620. The van der Waals surface area contributed by atoms with Gasteiger partial charge in [0, 0.05) is 23.4 Å². The lowest BCUT2D eigenvalue weighted by molar-refractivity contribution is -0.117. The Morgan fingerprint density at radius 2 is 2.16 bits per heavy atom. The van der Waals surface area contributed by atoms with E-state index in [2.05, 4.69) is 15.9 Å². The van der Waals surface area contributed by atoms with Crippen LogP contribution < -0.4 is 10.0 Å². The van der Waals surface area contributed by atoms with Gasteiger partial charge in [-0.3, -0.25) is 4.79 Å². The van der Waals surface area contributed by atoms with Crippen molar-refractivity contribution in [3.05, 3.63) is 27.7 Å². The highest BCUT2D eigenvalue weighted by atomic mass is 79.9. The van der Waals surface area contributed by atoms with Crippen molar-refractivity contribution in [2.24, 2.45) is 11.1 Å². The molecule has 1 unspecified atom stereocenters. The third-order valence-corrected chi connectivity index (χ3v) is 4.61. The highest BCUT2D eigenvalue weighted by molar-refractivity contribution is 9.10. The molecule has 1 fully saturated rings. The Morgan fingerprint density at radius 1 is 1.47 bits per heavy atom. The standard InChI is InChI=1S/C11H12BrClN2O3S/c12-8-1-2-10(9(13)4-8)15-5-7(3-11(15)16)6-19(14,17)18/h1-2,4,7H,3,5-6H2,(H2,14,17,18). The van der Waals surface area contributed by atoms with Gasteiger partial charge in [0.05, 0.1) is 16.5 Å². The van der Waals surface area contributed by atoms with Crippen molar-refractivity contribution in [3.8, 4) is 0 Å². The van der Waals surface area contributed by atoms with Gasteiger partial charge in [-0.25, -0.2) is 13.6 Å². The zero-order chi connectivity index (χ0) is 14.2. The second-order valence-electron chi connectivity index (χ2n) is 4.50. The number of hydrogen-bond acceptors (Lipinski definition) is 3. The summed E-state index contributed by atoms with van der Waals surface area (Å²) in [6, 6.07) is 5.20. The Hall–Kier alpha value is -0.630. The normalized spacial score (nSPS) is 20.1. The molecule has 19 heavy (non-hydrogen) atoms. The maximum Gasteiger partial charge on any atom is 0.227 e. The van der Waals surface area contributed by atoms with Crippen LogP contribution in [0.5, 0.6) is 0 Å². The number of carbonyl (C=O) groups is 1. The Morgan fingerprint density at radius 3 is 2.74 bits per heavy atom. The van der Waals surface area contributed by atoms with E-state index in [-0.39, 0.29) is 24.0 Å². The van der Waals surface area contributed by atoms with Gasteiger partial charge in [0.1, 0.15) is 0 Å². The van der Waals surface area contributed by atoms with Crippen LogP contribution in [0.15, 0.2) is 22.7 Å². The fraction of sp³-hybridized carbons (Fsp3) is 0.364. The second-order valence-corrected chi connectivity index (χ2v) is 7.48. The zero-order valence-corrected chi connectivity index (χ0v) is 13.0. The molecule has 0 bridgehead atoms. The minimum absolute atomic E-state index is 0.141. The smallest absolute Gasteiger partial charge is 0.227 e. The molecule has 104 valence electrons. The number of halogens is 2. The lowest BCUT2D eigenvalue weighted by Gasteiger charge is -2.18. The van der Waals surface area contributed by atoms with Crippen LogP contribution in [0.3, 0.4) is 0 Å². The summed E-state index contributed by atoms with van der Waals surface area (Å²) in [6.07, 6.45) is 0.169. The highest BCUT2D eigenvalue weighted by Gasteiger charge is 2.33. The maximum absolute atomic E-state index is 11.9. The van der Waals surface area contributed by atoms with Crippen LogP contribution in [0, 0.1) is 5.92 Å². The Kier molecular flexibility index (Phi) is 4.20. The molecule has 2 N–H and O–H groups in total. The van der Waals surface area contributed by atoms with E-state index in [0.29, 0.717) is 17.3 Å². The number of sulfonamides is 1. The van der Waals surface area contributed by atoms with Gasteiger partial charge in [-0.15, -0.1) is 0 Å². The predicted molar refractivity (Wildman–Crippen MR) is 77.6 cm³/mol. The lowest BCUT2D eigenvalue weighted by atomic mass is 10.1. The van der Waals surface area contributed by atoms with Gasteiger partial charge in [0.2, 0.25) is 15.9 Å². The predicted octanol–water partition coefficient (Wildman–Crippen LogP) is 1.74. The van der Waals surface area contributed by atoms with E-state index in [0.717, 1.165) is 4.47 Å². The van der Waals surface area contributed by atoms with Crippen molar-refractivity contribution in [2.45, 2.75) is 6.42 Å². The van der Waals surface area contributed by atoms with E-state index in [1.165, 1.54) is 4.90 Å². The minimum Gasteiger partial charge on any atom is -0.311 e. The third kappa shape index (κ3) is 3.68. The molecule has 1 amide bonds. The van der Waals surface area contributed by atoms with Crippen molar-refractivity contribution in [2.75, 3.05) is 17.2 Å². The third-order valence-electron chi connectivity index (χ3n) is 2.87. The fourth-order valence-corrected chi connectivity index (χ4v) is 3.81. The van der Waals surface area contributed by atoms with Crippen molar-refractivity contribution in [3.63, 3.8) is 0 Å². The zero-order valence-electron chi connectivity index (χ0n) is 9.84. The van der Waals surface area contributed by atoms with Gasteiger partial charge in [0.15, 0.2) is 0 Å². The summed E-state index contributed by atoms with van der Waals surface area (Å²) in [6.45, 7) is 0.316. The highest BCUT2D eigenvalue weighted by Crippen LogP contribution is 2.33. The van der Waals surface area contributed by atoms with Crippen LogP contribution in [0.25, 0.3) is 0 Å². The SMILES string of the molecule is NS(=O)(=O)CC1CC(=O)N(c2ccc(Br)cc2Cl)C1. The van der Waals surface area contributed by atoms with Crippen molar-refractivity contribution >= 4 is 49.1 Å². The molecule has 8 heteroatoms. The number of carbonyl (C=O) groups excluding carboxylic acids is 1. The molecular formula is C11H12BrClN2O3S. The van der Waals surface area contributed by atoms with E-state index in [4.69, 9.17) is 16.7 Å². The molecule has 0 aliphatic carbocycles. The first kappa shape index (κ1) is 14.8. The second kappa shape index (κ2) is 5.40. The number of nitrogens with two attached hydrogens (primary N) is 1. The molecule has 0 aromatic heterocycles. The topological polar surface area (TPSA) is 80.5 Å². The number of primary sulfonamides is 1. The first-order valence-electron chi connectivity index (χ1n) is 5.52. The first-order chi connectivity index (χ1) is 8.76. The van der Waals surface area contributed by atoms with E-state index in [1.54, 1.807) is 18.2 Å². The summed E-state index contributed by atoms with van der Waals surface area (Å²) in [4.78, 5) is 13.4. The van der Waals surface area contributed by atoms with E-state index in [1.807, 2.05) is 0 Å². The summed E-state index contributed by atoms with van der Waals surface area (Å²) < 4.78 is 22.9. The Balaban J connectivity index is 2.20. The van der Waals surface area contributed by atoms with E-state index < -0.39 is 10.0 Å². The van der Waals surface area contributed by atoms with Gasteiger partial charge in [-0.05, 0) is 18.2 Å². The van der Waals surface area contributed by atoms with Gasteiger partial charge in [-0.2, -0.15) is 0 Å². The number of benzene rings is 1. The van der Waals surface area contributed by atoms with Crippen LogP contribution in [-0.4, -0.2) is 26.6 Å². The molecule has 1 saturated heterocycles. The average molecular weight is 368 g/mol.